The quantitative estimate of drug-likeness (QED) is 0.435. The van der Waals surface area contributed by atoms with Gasteiger partial charge >= 0.3 is 0 Å². The molecule has 0 aliphatic rings. The first-order valence-electron chi connectivity index (χ1n) is 9.07. The van der Waals surface area contributed by atoms with Crippen molar-refractivity contribution in [2.24, 2.45) is 0 Å². The van der Waals surface area contributed by atoms with Gasteiger partial charge in [0.1, 0.15) is 0 Å². The van der Waals surface area contributed by atoms with Crippen molar-refractivity contribution in [1.29, 1.82) is 0 Å². The van der Waals surface area contributed by atoms with Crippen LogP contribution in [0.3, 0.4) is 0 Å². The van der Waals surface area contributed by atoms with Crippen LogP contribution in [0.15, 0.2) is 97.6 Å². The van der Waals surface area contributed by atoms with E-state index < -0.39 is 0 Å². The lowest BCUT2D eigenvalue weighted by molar-refractivity contribution is 0.567. The fourth-order valence-corrected chi connectivity index (χ4v) is 3.50. The first-order valence-corrected chi connectivity index (χ1v) is 9.07. The third-order valence-electron chi connectivity index (χ3n) is 4.95. The Kier molecular flexibility index (Phi) is 5.85. The smallest absolute Gasteiger partial charge is 0.0116 e. The molecule has 0 aromatic heterocycles. The van der Waals surface area contributed by atoms with Crippen molar-refractivity contribution >= 4 is 5.57 Å². The van der Waals surface area contributed by atoms with Crippen LogP contribution in [-0.2, 0) is 0 Å². The lowest BCUT2D eigenvalue weighted by Gasteiger charge is -2.23. The molecule has 2 atom stereocenters. The molecule has 0 amide bonds. The van der Waals surface area contributed by atoms with E-state index in [-0.39, 0.29) is 0 Å². The van der Waals surface area contributed by atoms with Gasteiger partial charge in [0.2, 0.25) is 0 Å². The van der Waals surface area contributed by atoms with Crippen LogP contribution in [0.2, 0.25) is 0 Å². The Morgan fingerprint density at radius 2 is 1.20 bits per heavy atom. The Bertz CT molecular complexity index is 772. The van der Waals surface area contributed by atoms with Crippen molar-refractivity contribution in [2.45, 2.75) is 31.6 Å². The van der Waals surface area contributed by atoms with Gasteiger partial charge in [-0.1, -0.05) is 104 Å². The minimum absolute atomic E-state index is 0.476. The van der Waals surface area contributed by atoms with Gasteiger partial charge in [0.05, 0.1) is 0 Å². The fourth-order valence-electron chi connectivity index (χ4n) is 3.50. The second-order valence-corrected chi connectivity index (χ2v) is 6.83. The van der Waals surface area contributed by atoms with Gasteiger partial charge in [-0.2, -0.15) is 0 Å². The number of hydrogen-bond donors (Lipinski definition) is 0. The van der Waals surface area contributed by atoms with Crippen LogP contribution in [0.1, 0.15) is 48.3 Å². The third-order valence-corrected chi connectivity index (χ3v) is 4.95. The Balaban J connectivity index is 1.80. The van der Waals surface area contributed by atoms with Crippen LogP contribution in [0.25, 0.3) is 5.57 Å². The molecule has 0 aliphatic heterocycles. The molecular weight excluding hydrogens is 300 g/mol. The van der Waals surface area contributed by atoms with Gasteiger partial charge in [0.25, 0.3) is 0 Å². The van der Waals surface area contributed by atoms with Crippen LogP contribution in [0, 0.1) is 0 Å². The number of rotatable bonds is 7. The van der Waals surface area contributed by atoms with Gasteiger partial charge in [-0.05, 0) is 46.9 Å². The molecule has 0 heteroatoms. The Hall–Kier alpha value is -2.60. The Morgan fingerprint density at radius 1 is 0.720 bits per heavy atom. The SMILES string of the molecule is C=C(CC(CC(C)c1ccccc1)c1ccccc1)c1ccccc1. The molecule has 3 rings (SSSR count). The van der Waals surface area contributed by atoms with Gasteiger partial charge in [-0.3, -0.25) is 0 Å². The maximum Gasteiger partial charge on any atom is -0.0116 e. The zero-order valence-corrected chi connectivity index (χ0v) is 14.9. The molecule has 3 aromatic rings. The van der Waals surface area contributed by atoms with Crippen molar-refractivity contribution in [3.05, 3.63) is 114 Å². The van der Waals surface area contributed by atoms with Crippen molar-refractivity contribution in [1.82, 2.24) is 0 Å². The minimum atomic E-state index is 0.476. The molecule has 126 valence electrons. The van der Waals surface area contributed by atoms with Crippen molar-refractivity contribution in [3.63, 3.8) is 0 Å². The van der Waals surface area contributed by atoms with E-state index >= 15 is 0 Å². The molecule has 25 heavy (non-hydrogen) atoms. The van der Waals surface area contributed by atoms with E-state index in [0.29, 0.717) is 11.8 Å². The topological polar surface area (TPSA) is 0 Å². The summed E-state index contributed by atoms with van der Waals surface area (Å²) < 4.78 is 0. The maximum absolute atomic E-state index is 4.37. The van der Waals surface area contributed by atoms with E-state index in [0.717, 1.165) is 12.8 Å². The highest BCUT2D eigenvalue weighted by Gasteiger charge is 2.18. The fraction of sp³-hybridized carbons (Fsp3) is 0.200. The average molecular weight is 326 g/mol. The summed E-state index contributed by atoms with van der Waals surface area (Å²) in [6.45, 7) is 6.70. The summed E-state index contributed by atoms with van der Waals surface area (Å²) in [5, 5.41) is 0. The summed E-state index contributed by atoms with van der Waals surface area (Å²) in [6, 6.07) is 32.2. The number of allylic oxidation sites excluding steroid dienone is 1. The van der Waals surface area contributed by atoms with Gasteiger partial charge in [0, 0.05) is 0 Å². The first kappa shape index (κ1) is 17.2. The summed E-state index contributed by atoms with van der Waals surface area (Å²) >= 11 is 0. The molecule has 0 spiro atoms. The van der Waals surface area contributed by atoms with Gasteiger partial charge in [-0.25, -0.2) is 0 Å². The minimum Gasteiger partial charge on any atom is -0.0952 e. The highest BCUT2D eigenvalue weighted by atomic mass is 14.2. The molecule has 0 N–H and O–H groups in total. The van der Waals surface area contributed by atoms with Gasteiger partial charge in [-0.15, -0.1) is 0 Å². The van der Waals surface area contributed by atoms with E-state index in [1.54, 1.807) is 0 Å². The molecular formula is C25H26. The zero-order chi connectivity index (χ0) is 17.5. The molecule has 2 unspecified atom stereocenters. The second kappa shape index (κ2) is 8.48. The normalized spacial score (nSPS) is 13.2. The van der Waals surface area contributed by atoms with Crippen LogP contribution in [0.5, 0.6) is 0 Å². The van der Waals surface area contributed by atoms with E-state index in [2.05, 4.69) is 104 Å². The summed E-state index contributed by atoms with van der Waals surface area (Å²) in [4.78, 5) is 0. The summed E-state index contributed by atoms with van der Waals surface area (Å²) in [5.41, 5.74) is 5.28. The van der Waals surface area contributed by atoms with Crippen molar-refractivity contribution < 1.29 is 0 Å². The number of hydrogen-bond acceptors (Lipinski definition) is 0. The van der Waals surface area contributed by atoms with E-state index in [1.165, 1.54) is 22.3 Å². The van der Waals surface area contributed by atoms with E-state index in [4.69, 9.17) is 0 Å². The molecule has 0 bridgehead atoms. The molecule has 0 nitrogen and oxygen atoms in total. The van der Waals surface area contributed by atoms with Crippen molar-refractivity contribution in [3.8, 4) is 0 Å². The highest BCUT2D eigenvalue weighted by molar-refractivity contribution is 5.64. The van der Waals surface area contributed by atoms with Crippen LogP contribution in [0.4, 0.5) is 0 Å². The Morgan fingerprint density at radius 3 is 1.76 bits per heavy atom. The first-order chi connectivity index (χ1) is 12.2. The van der Waals surface area contributed by atoms with Crippen LogP contribution in [-0.4, -0.2) is 0 Å². The highest BCUT2D eigenvalue weighted by Crippen LogP contribution is 2.36. The predicted molar refractivity (Wildman–Crippen MR) is 109 cm³/mol. The molecule has 3 aromatic carbocycles. The second-order valence-electron chi connectivity index (χ2n) is 6.83. The summed E-state index contributed by atoms with van der Waals surface area (Å²) in [7, 11) is 0. The molecule has 0 saturated heterocycles. The predicted octanol–water partition coefficient (Wildman–Crippen LogP) is 7.07. The third kappa shape index (κ3) is 4.70. The van der Waals surface area contributed by atoms with Crippen LogP contribution >= 0.6 is 0 Å². The number of benzene rings is 3. The monoisotopic (exact) mass is 326 g/mol. The lowest BCUT2D eigenvalue weighted by atomic mass is 9.81. The molecule has 0 aliphatic carbocycles. The summed E-state index contributed by atoms with van der Waals surface area (Å²) in [6.07, 6.45) is 2.12. The van der Waals surface area contributed by atoms with Crippen LogP contribution < -0.4 is 0 Å². The van der Waals surface area contributed by atoms with E-state index in [1.807, 2.05) is 0 Å². The standard InChI is InChI=1S/C25H26/c1-20(22-12-6-3-7-13-22)18-25(24-16-10-5-11-17-24)19-21(2)23-14-8-4-9-15-23/h3-17,21,25H,1,18-19H2,2H3. The Labute approximate surface area is 151 Å². The lowest BCUT2D eigenvalue weighted by Crippen LogP contribution is -2.05. The van der Waals surface area contributed by atoms with E-state index in [9.17, 15) is 0 Å². The summed E-state index contributed by atoms with van der Waals surface area (Å²) in [5.74, 6) is 0.999. The molecule has 0 saturated carbocycles. The molecule has 0 fully saturated rings. The van der Waals surface area contributed by atoms with Gasteiger partial charge in [0.15, 0.2) is 0 Å². The molecule has 0 heterocycles. The zero-order valence-electron chi connectivity index (χ0n) is 14.9. The maximum atomic E-state index is 4.37. The largest absolute Gasteiger partial charge is 0.0952 e. The van der Waals surface area contributed by atoms with Crippen molar-refractivity contribution in [2.75, 3.05) is 0 Å². The molecule has 0 radical (unpaired) electrons. The average Bonchev–Trinajstić information content (AvgIpc) is 2.69. The van der Waals surface area contributed by atoms with Gasteiger partial charge < -0.3 is 0 Å².